The summed E-state index contributed by atoms with van der Waals surface area (Å²) < 4.78 is 5.41. The van der Waals surface area contributed by atoms with Crippen molar-refractivity contribution in [2.75, 3.05) is 0 Å². The standard InChI is InChI=1S/C20H14ClNO2S/c1-11-3-5-15(12(2)7-11)17-10-25-19(22-17)16-9-13-8-14(21)4-6-18(13)24-20(16)23/h3-10H,1-2H3. The Hall–Kier alpha value is -2.43. The minimum absolute atomic E-state index is 0.392. The number of hydrogen-bond donors (Lipinski definition) is 0. The van der Waals surface area contributed by atoms with E-state index in [-0.39, 0.29) is 0 Å². The van der Waals surface area contributed by atoms with Crippen LogP contribution in [0.1, 0.15) is 11.1 Å². The largest absolute Gasteiger partial charge is 0.422 e. The van der Waals surface area contributed by atoms with E-state index in [0.29, 0.717) is 21.2 Å². The molecule has 0 saturated heterocycles. The Balaban J connectivity index is 1.83. The highest BCUT2D eigenvalue weighted by Gasteiger charge is 2.14. The molecule has 0 radical (unpaired) electrons. The first-order valence-electron chi connectivity index (χ1n) is 7.78. The van der Waals surface area contributed by atoms with Crippen LogP contribution >= 0.6 is 22.9 Å². The third kappa shape index (κ3) is 2.99. The lowest BCUT2D eigenvalue weighted by molar-refractivity contribution is 0.563. The normalized spacial score (nSPS) is 11.2. The predicted molar refractivity (Wildman–Crippen MR) is 104 cm³/mol. The Morgan fingerprint density at radius 3 is 2.68 bits per heavy atom. The Morgan fingerprint density at radius 1 is 1.04 bits per heavy atom. The summed E-state index contributed by atoms with van der Waals surface area (Å²) >= 11 is 7.47. The first-order chi connectivity index (χ1) is 12.0. The zero-order valence-corrected chi connectivity index (χ0v) is 15.2. The Morgan fingerprint density at radius 2 is 1.88 bits per heavy atom. The van der Waals surface area contributed by atoms with Gasteiger partial charge in [0.05, 0.1) is 11.3 Å². The summed E-state index contributed by atoms with van der Waals surface area (Å²) in [4.78, 5) is 17.0. The first kappa shape index (κ1) is 16.1. The fourth-order valence-corrected chi connectivity index (χ4v) is 3.87. The monoisotopic (exact) mass is 367 g/mol. The molecule has 2 heterocycles. The number of thiazole rings is 1. The summed E-state index contributed by atoms with van der Waals surface area (Å²) in [6, 6.07) is 13.2. The maximum absolute atomic E-state index is 12.3. The molecular weight excluding hydrogens is 354 g/mol. The maximum Gasteiger partial charge on any atom is 0.346 e. The molecule has 0 amide bonds. The third-order valence-electron chi connectivity index (χ3n) is 4.09. The van der Waals surface area contributed by atoms with Gasteiger partial charge in [-0.15, -0.1) is 11.3 Å². The molecule has 2 aromatic carbocycles. The number of halogens is 1. The Bertz CT molecular complexity index is 1160. The van der Waals surface area contributed by atoms with E-state index in [1.54, 1.807) is 24.3 Å². The molecule has 3 nitrogen and oxygen atoms in total. The van der Waals surface area contributed by atoms with Gasteiger partial charge in [0.2, 0.25) is 0 Å². The second kappa shape index (κ2) is 6.14. The van der Waals surface area contributed by atoms with Gasteiger partial charge < -0.3 is 4.42 Å². The van der Waals surface area contributed by atoms with Crippen LogP contribution in [0, 0.1) is 13.8 Å². The van der Waals surface area contributed by atoms with Crippen molar-refractivity contribution in [2.45, 2.75) is 13.8 Å². The number of fused-ring (bicyclic) bond motifs is 1. The van der Waals surface area contributed by atoms with E-state index in [2.05, 4.69) is 37.0 Å². The second-order valence-electron chi connectivity index (χ2n) is 5.99. The number of hydrogen-bond acceptors (Lipinski definition) is 4. The lowest BCUT2D eigenvalue weighted by Gasteiger charge is -2.03. The van der Waals surface area contributed by atoms with Gasteiger partial charge in [-0.25, -0.2) is 9.78 Å². The van der Waals surface area contributed by atoms with Crippen molar-refractivity contribution in [3.63, 3.8) is 0 Å². The van der Waals surface area contributed by atoms with Gasteiger partial charge in [-0.05, 0) is 43.7 Å². The van der Waals surface area contributed by atoms with Gasteiger partial charge >= 0.3 is 5.63 Å². The molecule has 0 unspecified atom stereocenters. The predicted octanol–water partition coefficient (Wildman–Crippen LogP) is 5.85. The third-order valence-corrected chi connectivity index (χ3v) is 5.20. The minimum Gasteiger partial charge on any atom is -0.422 e. The highest BCUT2D eigenvalue weighted by molar-refractivity contribution is 7.13. The van der Waals surface area contributed by atoms with Gasteiger partial charge in [0.25, 0.3) is 0 Å². The zero-order valence-electron chi connectivity index (χ0n) is 13.7. The van der Waals surface area contributed by atoms with Crippen LogP contribution in [0.15, 0.2) is 57.1 Å². The highest BCUT2D eigenvalue weighted by atomic mass is 35.5. The molecule has 0 aliphatic heterocycles. The van der Waals surface area contributed by atoms with E-state index in [1.165, 1.54) is 16.9 Å². The number of rotatable bonds is 2. The second-order valence-corrected chi connectivity index (χ2v) is 7.28. The molecule has 124 valence electrons. The lowest BCUT2D eigenvalue weighted by atomic mass is 10.0. The molecule has 4 rings (SSSR count). The molecule has 0 atom stereocenters. The fraction of sp³-hybridized carbons (Fsp3) is 0.100. The first-order valence-corrected chi connectivity index (χ1v) is 9.04. The molecule has 0 aliphatic rings. The van der Waals surface area contributed by atoms with E-state index in [4.69, 9.17) is 16.0 Å². The summed E-state index contributed by atoms with van der Waals surface area (Å²) in [5.41, 5.74) is 4.89. The van der Waals surface area contributed by atoms with Crippen LogP contribution in [0.2, 0.25) is 5.02 Å². The summed E-state index contributed by atoms with van der Waals surface area (Å²) in [6.07, 6.45) is 0. The van der Waals surface area contributed by atoms with Crippen LogP contribution in [0.4, 0.5) is 0 Å². The van der Waals surface area contributed by atoms with Crippen LogP contribution < -0.4 is 5.63 Å². The molecule has 4 aromatic rings. The molecule has 0 bridgehead atoms. The van der Waals surface area contributed by atoms with Crippen LogP contribution in [0.25, 0.3) is 32.8 Å². The quantitative estimate of drug-likeness (QED) is 0.417. The van der Waals surface area contributed by atoms with E-state index in [0.717, 1.165) is 22.2 Å². The zero-order chi connectivity index (χ0) is 17.6. The van der Waals surface area contributed by atoms with Crippen LogP contribution in [-0.4, -0.2) is 4.98 Å². The van der Waals surface area contributed by atoms with E-state index < -0.39 is 5.63 Å². The summed E-state index contributed by atoms with van der Waals surface area (Å²) in [7, 11) is 0. The van der Waals surface area contributed by atoms with Gasteiger partial charge in [0.15, 0.2) is 0 Å². The van der Waals surface area contributed by atoms with Crippen molar-refractivity contribution in [1.82, 2.24) is 4.98 Å². The summed E-state index contributed by atoms with van der Waals surface area (Å²) in [5.74, 6) is 0. The molecule has 5 heteroatoms. The van der Waals surface area contributed by atoms with Gasteiger partial charge in [-0.1, -0.05) is 35.4 Å². The molecule has 2 aromatic heterocycles. The van der Waals surface area contributed by atoms with Crippen LogP contribution in [-0.2, 0) is 0 Å². The van der Waals surface area contributed by atoms with Gasteiger partial charge in [-0.3, -0.25) is 0 Å². The number of nitrogens with zero attached hydrogens (tertiary/aromatic N) is 1. The van der Waals surface area contributed by atoms with E-state index in [1.807, 2.05) is 5.38 Å². The average Bonchev–Trinajstić information content (AvgIpc) is 3.04. The van der Waals surface area contributed by atoms with Gasteiger partial charge in [-0.2, -0.15) is 0 Å². The highest BCUT2D eigenvalue weighted by Crippen LogP contribution is 2.31. The van der Waals surface area contributed by atoms with Crippen LogP contribution in [0.3, 0.4) is 0 Å². The lowest BCUT2D eigenvalue weighted by Crippen LogP contribution is -2.02. The average molecular weight is 368 g/mol. The molecule has 0 fully saturated rings. The SMILES string of the molecule is Cc1ccc(-c2csc(-c3cc4cc(Cl)ccc4oc3=O)n2)c(C)c1. The smallest absolute Gasteiger partial charge is 0.346 e. The van der Waals surface area contributed by atoms with Gasteiger partial charge in [0.1, 0.15) is 10.6 Å². The maximum atomic E-state index is 12.3. The molecule has 0 N–H and O–H groups in total. The number of aromatic nitrogens is 1. The van der Waals surface area contributed by atoms with Crippen molar-refractivity contribution < 1.29 is 4.42 Å². The number of benzene rings is 2. The topological polar surface area (TPSA) is 43.1 Å². The molecule has 25 heavy (non-hydrogen) atoms. The van der Waals surface area contributed by atoms with Crippen molar-refractivity contribution in [3.05, 3.63) is 74.4 Å². The van der Waals surface area contributed by atoms with Crippen molar-refractivity contribution in [2.24, 2.45) is 0 Å². The fourth-order valence-electron chi connectivity index (χ4n) is 2.87. The van der Waals surface area contributed by atoms with Crippen molar-refractivity contribution >= 4 is 33.9 Å². The van der Waals surface area contributed by atoms with Gasteiger partial charge in [0, 0.05) is 21.4 Å². The van der Waals surface area contributed by atoms with E-state index >= 15 is 0 Å². The summed E-state index contributed by atoms with van der Waals surface area (Å²) in [6.45, 7) is 4.13. The van der Waals surface area contributed by atoms with Crippen molar-refractivity contribution in [3.8, 4) is 21.8 Å². The van der Waals surface area contributed by atoms with Crippen LogP contribution in [0.5, 0.6) is 0 Å². The Kier molecular flexibility index (Phi) is 3.94. The minimum atomic E-state index is -0.392. The van der Waals surface area contributed by atoms with E-state index in [9.17, 15) is 4.79 Å². The summed E-state index contributed by atoms with van der Waals surface area (Å²) in [5, 5.41) is 3.99. The number of aryl methyl sites for hydroxylation is 2. The van der Waals surface area contributed by atoms with Crippen molar-refractivity contribution in [1.29, 1.82) is 0 Å². The molecule has 0 spiro atoms. The molecule has 0 saturated carbocycles. The Labute approximate surface area is 153 Å². The molecule has 0 aliphatic carbocycles. The molecular formula is C20H14ClNO2S.